The van der Waals surface area contributed by atoms with Crippen LogP contribution in [0.1, 0.15) is 61.9 Å². The van der Waals surface area contributed by atoms with E-state index in [1.165, 1.54) is 0 Å². The summed E-state index contributed by atoms with van der Waals surface area (Å²) in [5.41, 5.74) is 2.58. The SMILES string of the molecule is CC[C@H](C)c1ccccc1NC(=O)[C@H](C)OC(=O)c1ccccc1N1CCCC1=O. The van der Waals surface area contributed by atoms with Crippen molar-refractivity contribution in [2.75, 3.05) is 16.8 Å². The number of nitrogens with zero attached hydrogens (tertiary/aromatic N) is 1. The predicted octanol–water partition coefficient (Wildman–Crippen LogP) is 4.51. The molecule has 0 bridgehead atoms. The van der Waals surface area contributed by atoms with Crippen LogP contribution in [-0.4, -0.2) is 30.4 Å². The molecule has 0 aromatic heterocycles. The highest BCUT2D eigenvalue weighted by Gasteiger charge is 2.28. The number of benzene rings is 2. The Labute approximate surface area is 177 Å². The summed E-state index contributed by atoms with van der Waals surface area (Å²) in [6.45, 7) is 6.32. The van der Waals surface area contributed by atoms with Crippen LogP contribution in [0, 0.1) is 0 Å². The molecule has 0 saturated carbocycles. The summed E-state index contributed by atoms with van der Waals surface area (Å²) in [6.07, 6.45) is 1.20. The molecule has 30 heavy (non-hydrogen) atoms. The normalized spacial score (nSPS) is 15.6. The molecule has 158 valence electrons. The molecule has 0 unspecified atom stereocenters. The van der Waals surface area contributed by atoms with Crippen LogP contribution in [0.2, 0.25) is 0 Å². The van der Waals surface area contributed by atoms with Crippen LogP contribution in [0.25, 0.3) is 0 Å². The number of carbonyl (C=O) groups is 3. The van der Waals surface area contributed by atoms with Gasteiger partial charge in [0.05, 0.1) is 11.3 Å². The Morgan fingerprint density at radius 1 is 1.10 bits per heavy atom. The molecule has 0 aliphatic carbocycles. The van der Waals surface area contributed by atoms with Crippen molar-refractivity contribution in [1.82, 2.24) is 0 Å². The van der Waals surface area contributed by atoms with Crippen LogP contribution in [0.5, 0.6) is 0 Å². The number of para-hydroxylation sites is 2. The average Bonchev–Trinajstić information content (AvgIpc) is 3.19. The van der Waals surface area contributed by atoms with E-state index in [1.54, 1.807) is 36.1 Å². The molecule has 2 aromatic rings. The standard InChI is InChI=1S/C24H28N2O4/c1-4-16(2)18-10-5-7-12-20(18)25-23(28)17(3)30-24(29)19-11-6-8-13-21(19)26-15-9-14-22(26)27/h5-8,10-13,16-17H,4,9,14-15H2,1-3H3,(H,25,28)/t16-,17-/m0/s1. The van der Waals surface area contributed by atoms with Gasteiger partial charge < -0.3 is 15.0 Å². The summed E-state index contributed by atoms with van der Waals surface area (Å²) in [7, 11) is 0. The van der Waals surface area contributed by atoms with Gasteiger partial charge in [-0.05, 0) is 49.4 Å². The number of ether oxygens (including phenoxy) is 1. The smallest absolute Gasteiger partial charge is 0.341 e. The summed E-state index contributed by atoms with van der Waals surface area (Å²) < 4.78 is 5.44. The van der Waals surface area contributed by atoms with Gasteiger partial charge in [0, 0.05) is 18.7 Å². The number of anilines is 2. The Morgan fingerprint density at radius 3 is 2.50 bits per heavy atom. The molecular weight excluding hydrogens is 380 g/mol. The van der Waals surface area contributed by atoms with Crippen LogP contribution in [-0.2, 0) is 14.3 Å². The van der Waals surface area contributed by atoms with E-state index in [2.05, 4.69) is 19.2 Å². The molecule has 1 fully saturated rings. The Bertz CT molecular complexity index is 940. The molecule has 0 spiro atoms. The minimum Gasteiger partial charge on any atom is -0.449 e. The molecule has 3 rings (SSSR count). The lowest BCUT2D eigenvalue weighted by atomic mass is 9.97. The predicted molar refractivity (Wildman–Crippen MR) is 117 cm³/mol. The third kappa shape index (κ3) is 4.70. The fourth-order valence-corrected chi connectivity index (χ4v) is 3.56. The van der Waals surface area contributed by atoms with E-state index in [0.717, 1.165) is 24.1 Å². The number of rotatable bonds is 7. The summed E-state index contributed by atoms with van der Waals surface area (Å²) >= 11 is 0. The van der Waals surface area contributed by atoms with Crippen LogP contribution < -0.4 is 10.2 Å². The highest BCUT2D eigenvalue weighted by Crippen LogP contribution is 2.28. The number of esters is 1. The lowest BCUT2D eigenvalue weighted by Gasteiger charge is -2.21. The van der Waals surface area contributed by atoms with Crippen molar-refractivity contribution in [2.24, 2.45) is 0 Å². The molecule has 6 heteroatoms. The highest BCUT2D eigenvalue weighted by atomic mass is 16.5. The highest BCUT2D eigenvalue weighted by molar-refractivity contribution is 6.04. The van der Waals surface area contributed by atoms with Crippen LogP contribution in [0.15, 0.2) is 48.5 Å². The maximum Gasteiger partial charge on any atom is 0.341 e. The zero-order valence-electron chi connectivity index (χ0n) is 17.7. The van der Waals surface area contributed by atoms with Gasteiger partial charge in [-0.2, -0.15) is 0 Å². The summed E-state index contributed by atoms with van der Waals surface area (Å²) in [6, 6.07) is 14.5. The van der Waals surface area contributed by atoms with Gasteiger partial charge in [-0.3, -0.25) is 9.59 Å². The fourth-order valence-electron chi connectivity index (χ4n) is 3.56. The van der Waals surface area contributed by atoms with Crippen molar-refractivity contribution in [1.29, 1.82) is 0 Å². The van der Waals surface area contributed by atoms with Gasteiger partial charge >= 0.3 is 5.97 Å². The Balaban J connectivity index is 1.71. The van der Waals surface area contributed by atoms with Gasteiger partial charge in [0.2, 0.25) is 5.91 Å². The minimum atomic E-state index is -0.982. The van der Waals surface area contributed by atoms with E-state index in [1.807, 2.05) is 24.3 Å². The van der Waals surface area contributed by atoms with Crippen molar-refractivity contribution >= 4 is 29.2 Å². The second kappa shape index (κ2) is 9.57. The molecule has 1 saturated heterocycles. The molecule has 1 N–H and O–H groups in total. The average molecular weight is 408 g/mol. The number of hydrogen-bond donors (Lipinski definition) is 1. The molecule has 2 amide bonds. The monoisotopic (exact) mass is 408 g/mol. The number of hydrogen-bond acceptors (Lipinski definition) is 4. The van der Waals surface area contributed by atoms with Crippen molar-refractivity contribution in [2.45, 2.75) is 52.1 Å². The first kappa shape index (κ1) is 21.6. The largest absolute Gasteiger partial charge is 0.449 e. The van der Waals surface area contributed by atoms with Crippen molar-refractivity contribution in [3.63, 3.8) is 0 Å². The first-order valence-electron chi connectivity index (χ1n) is 10.4. The van der Waals surface area contributed by atoms with E-state index >= 15 is 0 Å². The molecule has 1 aliphatic heterocycles. The lowest BCUT2D eigenvalue weighted by molar-refractivity contribution is -0.123. The maximum absolute atomic E-state index is 12.8. The van der Waals surface area contributed by atoms with Gasteiger partial charge in [0.1, 0.15) is 0 Å². The Morgan fingerprint density at radius 2 is 1.80 bits per heavy atom. The van der Waals surface area contributed by atoms with Crippen LogP contribution >= 0.6 is 0 Å². The zero-order chi connectivity index (χ0) is 21.7. The van der Waals surface area contributed by atoms with Crippen molar-refractivity contribution < 1.29 is 19.1 Å². The van der Waals surface area contributed by atoms with E-state index in [4.69, 9.17) is 4.74 Å². The van der Waals surface area contributed by atoms with E-state index < -0.39 is 18.0 Å². The Hall–Kier alpha value is -3.15. The second-order valence-electron chi connectivity index (χ2n) is 7.60. The van der Waals surface area contributed by atoms with Gasteiger partial charge in [-0.25, -0.2) is 4.79 Å². The molecule has 2 aromatic carbocycles. The van der Waals surface area contributed by atoms with Gasteiger partial charge in [0.15, 0.2) is 6.10 Å². The summed E-state index contributed by atoms with van der Waals surface area (Å²) in [5, 5.41) is 2.88. The van der Waals surface area contributed by atoms with E-state index in [-0.39, 0.29) is 11.5 Å². The molecule has 0 radical (unpaired) electrons. The van der Waals surface area contributed by atoms with Gasteiger partial charge in [-0.1, -0.05) is 44.2 Å². The number of carbonyl (C=O) groups excluding carboxylic acids is 3. The maximum atomic E-state index is 12.8. The molecular formula is C24H28N2O4. The van der Waals surface area contributed by atoms with E-state index in [0.29, 0.717) is 24.6 Å². The molecule has 1 heterocycles. The second-order valence-corrected chi connectivity index (χ2v) is 7.60. The molecule has 6 nitrogen and oxygen atoms in total. The van der Waals surface area contributed by atoms with E-state index in [9.17, 15) is 14.4 Å². The lowest BCUT2D eigenvalue weighted by Crippen LogP contribution is -2.31. The topological polar surface area (TPSA) is 75.7 Å². The van der Waals surface area contributed by atoms with Crippen LogP contribution in [0.4, 0.5) is 11.4 Å². The first-order chi connectivity index (χ1) is 14.4. The number of nitrogens with one attached hydrogen (secondary N) is 1. The van der Waals surface area contributed by atoms with Crippen LogP contribution in [0.3, 0.4) is 0 Å². The molecule has 2 atom stereocenters. The third-order valence-electron chi connectivity index (χ3n) is 5.50. The van der Waals surface area contributed by atoms with Crippen molar-refractivity contribution in [3.8, 4) is 0 Å². The first-order valence-corrected chi connectivity index (χ1v) is 10.4. The quantitative estimate of drug-likeness (QED) is 0.684. The summed E-state index contributed by atoms with van der Waals surface area (Å²) in [4.78, 5) is 39.2. The fraction of sp³-hybridized carbons (Fsp3) is 0.375. The van der Waals surface area contributed by atoms with Gasteiger partial charge in [0.25, 0.3) is 5.91 Å². The zero-order valence-corrected chi connectivity index (χ0v) is 17.7. The summed E-state index contributed by atoms with van der Waals surface area (Å²) in [5.74, 6) is -0.732. The Kier molecular flexibility index (Phi) is 6.87. The van der Waals surface area contributed by atoms with Crippen molar-refractivity contribution in [3.05, 3.63) is 59.7 Å². The third-order valence-corrected chi connectivity index (χ3v) is 5.50. The molecule has 1 aliphatic rings. The number of amides is 2. The van der Waals surface area contributed by atoms with Gasteiger partial charge in [-0.15, -0.1) is 0 Å². The minimum absolute atomic E-state index is 0.0114.